The van der Waals surface area contributed by atoms with E-state index in [1.54, 1.807) is 37.8 Å². The third-order valence-electron chi connectivity index (χ3n) is 10.2. The van der Waals surface area contributed by atoms with Crippen molar-refractivity contribution in [2.45, 2.75) is 82.5 Å². The van der Waals surface area contributed by atoms with Crippen LogP contribution in [0.4, 0.5) is 4.79 Å². The predicted molar refractivity (Wildman–Crippen MR) is 187 cm³/mol. The monoisotopic (exact) mass is 704 g/mol. The summed E-state index contributed by atoms with van der Waals surface area (Å²) in [4.78, 5) is 71.1. The van der Waals surface area contributed by atoms with Gasteiger partial charge in [-0.1, -0.05) is 60.9 Å². The molecule has 3 aliphatic heterocycles. The lowest BCUT2D eigenvalue weighted by Gasteiger charge is -2.33. The minimum atomic E-state index is -1.45. The predicted octanol–water partition coefficient (Wildman–Crippen LogP) is 5.28. The number of hydrogen-bond acceptors (Lipinski definition) is 6. The first-order chi connectivity index (χ1) is 23.8. The number of carboxylic acid groups (broad SMARTS) is 1. The van der Waals surface area contributed by atoms with Crippen LogP contribution in [0.5, 0.6) is 0 Å². The first kappa shape index (κ1) is 35.4. The molecule has 266 valence electrons. The number of halogens is 1. The van der Waals surface area contributed by atoms with Gasteiger partial charge in [-0.2, -0.15) is 0 Å². The number of carbonyl (C=O) groups excluding carboxylic acids is 4. The van der Waals surface area contributed by atoms with Crippen molar-refractivity contribution >= 4 is 41.4 Å². The van der Waals surface area contributed by atoms with Crippen molar-refractivity contribution in [1.82, 2.24) is 20.4 Å². The Balaban J connectivity index is 1.27. The summed E-state index contributed by atoms with van der Waals surface area (Å²) in [6.45, 7) is 5.93. The standard InChI is InChI=1S/C38H45ClN4O7/c1-37(2,3)50-36(49)40-30-16-8-6-4-5-7-14-27-19-38(27,35(47)48)41-32(44)31-29-22-42(20-26(29)21-43(31)34(30)46)33(45)25-13-9-11-23(17-25)24-12-10-15-28(39)18-24/h7,9-15,17-18,26-27,29-31H,4-6,8,16,19-22H2,1-3H3,(H,40,49)(H,41,44)(H,47,48)/b14-7-/t26-,27-,29-,30+,31-,38+/m0/s1. The zero-order valence-corrected chi connectivity index (χ0v) is 29.4. The molecule has 0 spiro atoms. The van der Waals surface area contributed by atoms with Gasteiger partial charge < -0.3 is 30.3 Å². The molecule has 2 aromatic carbocycles. The summed E-state index contributed by atoms with van der Waals surface area (Å²) >= 11 is 6.21. The summed E-state index contributed by atoms with van der Waals surface area (Å²) in [6, 6.07) is 12.7. The third kappa shape index (κ3) is 7.52. The molecule has 2 aromatic rings. The molecule has 2 saturated heterocycles. The van der Waals surface area contributed by atoms with E-state index in [1.165, 1.54) is 4.90 Å². The van der Waals surface area contributed by atoms with Crippen LogP contribution >= 0.6 is 11.6 Å². The molecule has 3 N–H and O–H groups in total. The lowest BCUT2D eigenvalue weighted by Crippen LogP contribution is -2.58. The normalized spacial score (nSPS) is 29.0. The fourth-order valence-electron chi connectivity index (χ4n) is 7.67. The molecule has 3 heterocycles. The lowest BCUT2D eigenvalue weighted by atomic mass is 9.93. The maximum Gasteiger partial charge on any atom is 0.408 e. The van der Waals surface area contributed by atoms with Crippen molar-refractivity contribution in [3.63, 3.8) is 0 Å². The molecule has 11 nitrogen and oxygen atoms in total. The Kier molecular flexibility index (Phi) is 9.99. The van der Waals surface area contributed by atoms with Gasteiger partial charge in [0.15, 0.2) is 0 Å². The van der Waals surface area contributed by atoms with Gasteiger partial charge in [0.05, 0.1) is 0 Å². The molecule has 1 saturated carbocycles. The van der Waals surface area contributed by atoms with Crippen LogP contribution in [0.3, 0.4) is 0 Å². The Morgan fingerprint density at radius 2 is 1.74 bits per heavy atom. The Morgan fingerprint density at radius 3 is 2.46 bits per heavy atom. The summed E-state index contributed by atoms with van der Waals surface area (Å²) in [5, 5.41) is 16.4. The molecular weight excluding hydrogens is 660 g/mol. The van der Waals surface area contributed by atoms with Crippen molar-refractivity contribution in [1.29, 1.82) is 0 Å². The number of carbonyl (C=O) groups is 5. The van der Waals surface area contributed by atoms with Crippen molar-refractivity contribution in [3.05, 3.63) is 71.3 Å². The average Bonchev–Trinajstić information content (AvgIpc) is 3.41. The molecule has 0 aromatic heterocycles. The van der Waals surface area contributed by atoms with Crippen LogP contribution < -0.4 is 10.6 Å². The molecule has 6 rings (SSSR count). The fourth-order valence-corrected chi connectivity index (χ4v) is 7.86. The van der Waals surface area contributed by atoms with Gasteiger partial charge in [0, 0.05) is 48.0 Å². The largest absolute Gasteiger partial charge is 0.479 e. The van der Waals surface area contributed by atoms with Crippen LogP contribution in [0, 0.1) is 17.8 Å². The second-order valence-corrected chi connectivity index (χ2v) is 15.4. The van der Waals surface area contributed by atoms with Crippen molar-refractivity contribution in [3.8, 4) is 11.1 Å². The molecule has 0 radical (unpaired) electrons. The first-order valence-electron chi connectivity index (χ1n) is 17.4. The molecule has 0 bridgehead atoms. The van der Waals surface area contributed by atoms with E-state index in [2.05, 4.69) is 10.6 Å². The van der Waals surface area contributed by atoms with Gasteiger partial charge in [0.1, 0.15) is 23.2 Å². The van der Waals surface area contributed by atoms with Crippen LogP contribution in [0.25, 0.3) is 11.1 Å². The minimum Gasteiger partial charge on any atom is -0.479 e. The number of amides is 4. The molecule has 12 heteroatoms. The van der Waals surface area contributed by atoms with E-state index in [-0.39, 0.29) is 37.3 Å². The highest BCUT2D eigenvalue weighted by Gasteiger charge is 2.62. The number of nitrogens with one attached hydrogen (secondary N) is 2. The molecule has 50 heavy (non-hydrogen) atoms. The number of allylic oxidation sites excluding steroid dienone is 1. The number of nitrogens with zero attached hydrogens (tertiary/aromatic N) is 2. The van der Waals surface area contributed by atoms with Gasteiger partial charge in [-0.15, -0.1) is 0 Å². The van der Waals surface area contributed by atoms with E-state index >= 15 is 0 Å². The molecule has 1 aliphatic carbocycles. The van der Waals surface area contributed by atoms with Gasteiger partial charge in [-0.05, 0) is 81.8 Å². The quantitative estimate of drug-likeness (QED) is 0.368. The molecule has 3 fully saturated rings. The topological polar surface area (TPSA) is 145 Å². The number of ether oxygens (including phenoxy) is 1. The summed E-state index contributed by atoms with van der Waals surface area (Å²) in [7, 11) is 0. The zero-order chi connectivity index (χ0) is 35.8. The fraction of sp³-hybridized carbons (Fsp3) is 0.500. The maximum atomic E-state index is 14.3. The summed E-state index contributed by atoms with van der Waals surface area (Å²) in [5.41, 5.74) is -0.0277. The Morgan fingerprint density at radius 1 is 1.00 bits per heavy atom. The second kappa shape index (κ2) is 14.1. The summed E-state index contributed by atoms with van der Waals surface area (Å²) in [5.74, 6) is -3.32. The van der Waals surface area contributed by atoms with E-state index < -0.39 is 53.0 Å². The average molecular weight is 705 g/mol. The van der Waals surface area contributed by atoms with Crippen LogP contribution in [0.1, 0.15) is 69.7 Å². The summed E-state index contributed by atoms with van der Waals surface area (Å²) in [6.07, 6.45) is 6.77. The van der Waals surface area contributed by atoms with Crippen LogP contribution in [0.15, 0.2) is 60.7 Å². The Labute approximate surface area is 297 Å². The SMILES string of the molecule is CC(C)(C)OC(=O)N[C@@H]1CCCCC/C=C\[C@H]2C[C@@]2(C(=O)O)NC(=O)[C@@H]2[C@H]3CN(C(=O)c4cccc(-c5cccc(Cl)c5)c4)C[C@H]3CN2C1=O. The number of aliphatic carboxylic acids is 1. The number of rotatable bonds is 4. The van der Waals surface area contributed by atoms with E-state index in [1.807, 2.05) is 48.6 Å². The number of carboxylic acids is 1. The number of benzene rings is 2. The smallest absolute Gasteiger partial charge is 0.408 e. The van der Waals surface area contributed by atoms with Crippen molar-refractivity contribution in [2.24, 2.45) is 17.8 Å². The van der Waals surface area contributed by atoms with E-state index in [0.29, 0.717) is 30.0 Å². The highest BCUT2D eigenvalue weighted by Crippen LogP contribution is 2.46. The lowest BCUT2D eigenvalue weighted by molar-refractivity contribution is -0.146. The number of hydrogen-bond donors (Lipinski definition) is 3. The van der Waals surface area contributed by atoms with E-state index in [0.717, 1.165) is 30.4 Å². The Bertz CT molecular complexity index is 1710. The maximum absolute atomic E-state index is 14.3. The zero-order valence-electron chi connectivity index (χ0n) is 28.7. The van der Waals surface area contributed by atoms with Gasteiger partial charge in [-0.3, -0.25) is 14.4 Å². The highest BCUT2D eigenvalue weighted by atomic mass is 35.5. The van der Waals surface area contributed by atoms with Crippen molar-refractivity contribution < 1.29 is 33.8 Å². The number of likely N-dealkylation sites (tertiary alicyclic amines) is 1. The highest BCUT2D eigenvalue weighted by molar-refractivity contribution is 6.30. The van der Waals surface area contributed by atoms with Gasteiger partial charge >= 0.3 is 12.1 Å². The molecular formula is C38H45ClN4O7. The molecule has 6 atom stereocenters. The third-order valence-corrected chi connectivity index (χ3v) is 10.5. The first-order valence-corrected chi connectivity index (χ1v) is 17.8. The van der Waals surface area contributed by atoms with Crippen molar-refractivity contribution in [2.75, 3.05) is 19.6 Å². The van der Waals surface area contributed by atoms with E-state index in [9.17, 15) is 29.1 Å². The molecule has 4 aliphatic rings. The van der Waals surface area contributed by atoms with Crippen LogP contribution in [0.2, 0.25) is 5.02 Å². The van der Waals surface area contributed by atoms with E-state index in [4.69, 9.17) is 16.3 Å². The van der Waals surface area contributed by atoms with Gasteiger partial charge in [0.2, 0.25) is 11.8 Å². The van der Waals surface area contributed by atoms with Crippen LogP contribution in [-0.4, -0.2) is 87.5 Å². The summed E-state index contributed by atoms with van der Waals surface area (Å²) < 4.78 is 5.48. The number of alkyl carbamates (subject to hydrolysis) is 1. The minimum absolute atomic E-state index is 0.184. The van der Waals surface area contributed by atoms with Crippen LogP contribution in [-0.2, 0) is 19.1 Å². The second-order valence-electron chi connectivity index (χ2n) is 15.0. The molecule has 4 amide bonds. The Hall–Kier alpha value is -4.38. The molecule has 0 unspecified atom stereocenters. The number of fused-ring (bicyclic) bond motifs is 4. The van der Waals surface area contributed by atoms with Gasteiger partial charge in [-0.25, -0.2) is 9.59 Å². The van der Waals surface area contributed by atoms with Gasteiger partial charge in [0.25, 0.3) is 5.91 Å².